The summed E-state index contributed by atoms with van der Waals surface area (Å²) in [7, 11) is 0. The van der Waals surface area contributed by atoms with Crippen LogP contribution in [0.1, 0.15) is 54.4 Å². The maximum Gasteiger partial charge on any atom is -0.0389 e. The molecule has 0 aromatic rings. The van der Waals surface area contributed by atoms with Gasteiger partial charge in [0, 0.05) is 0 Å². The lowest BCUT2D eigenvalue weighted by molar-refractivity contribution is 0.205. The second-order valence-electron chi connectivity index (χ2n) is 4.49. The van der Waals surface area contributed by atoms with Gasteiger partial charge in [-0.25, -0.2) is 0 Å². The van der Waals surface area contributed by atoms with Crippen LogP contribution in [-0.4, -0.2) is 0 Å². The highest BCUT2D eigenvalue weighted by atomic mass is 14.3. The third-order valence-corrected chi connectivity index (χ3v) is 3.91. The summed E-state index contributed by atoms with van der Waals surface area (Å²) in [5.41, 5.74) is 0. The van der Waals surface area contributed by atoms with Crippen LogP contribution in [0.5, 0.6) is 0 Å². The monoisotopic (exact) mass is 170 g/mol. The van der Waals surface area contributed by atoms with E-state index in [1.807, 2.05) is 0 Å². The second-order valence-corrected chi connectivity index (χ2v) is 4.49. The first-order chi connectivity index (χ1) is 5.54. The van der Waals surface area contributed by atoms with Crippen LogP contribution in [0, 0.1) is 23.7 Å². The normalized spacial score (nSPS) is 21.5. The van der Waals surface area contributed by atoms with Crippen LogP contribution in [0.25, 0.3) is 0 Å². The fourth-order valence-electron chi connectivity index (χ4n) is 1.78. The molecule has 12 heavy (non-hydrogen) atoms. The van der Waals surface area contributed by atoms with Gasteiger partial charge in [-0.15, -0.1) is 0 Å². The molecule has 0 nitrogen and oxygen atoms in total. The Morgan fingerprint density at radius 2 is 0.917 bits per heavy atom. The smallest absolute Gasteiger partial charge is 0.0389 e. The Morgan fingerprint density at radius 3 is 1.08 bits per heavy atom. The zero-order chi connectivity index (χ0) is 9.72. The highest BCUT2D eigenvalue weighted by Crippen LogP contribution is 2.29. The van der Waals surface area contributed by atoms with Crippen LogP contribution >= 0.6 is 0 Å². The van der Waals surface area contributed by atoms with Crippen molar-refractivity contribution in [3.63, 3.8) is 0 Å². The van der Waals surface area contributed by atoms with Crippen LogP contribution in [0.15, 0.2) is 0 Å². The first-order valence-corrected chi connectivity index (χ1v) is 5.54. The van der Waals surface area contributed by atoms with Gasteiger partial charge in [0.25, 0.3) is 0 Å². The maximum atomic E-state index is 2.41. The molecule has 0 aliphatic carbocycles. The molecular formula is C12H26. The van der Waals surface area contributed by atoms with E-state index in [4.69, 9.17) is 0 Å². The van der Waals surface area contributed by atoms with E-state index in [1.165, 1.54) is 12.8 Å². The minimum Gasteiger partial charge on any atom is -0.0651 e. The summed E-state index contributed by atoms with van der Waals surface area (Å²) in [6, 6.07) is 0. The molecule has 0 bridgehead atoms. The topological polar surface area (TPSA) is 0 Å². The molecule has 4 atom stereocenters. The average Bonchev–Trinajstić information content (AvgIpc) is 2.12. The van der Waals surface area contributed by atoms with E-state index in [9.17, 15) is 0 Å². The summed E-state index contributed by atoms with van der Waals surface area (Å²) in [6.45, 7) is 14.2. The van der Waals surface area contributed by atoms with Gasteiger partial charge in [0.05, 0.1) is 0 Å². The average molecular weight is 170 g/mol. The van der Waals surface area contributed by atoms with Gasteiger partial charge in [0.1, 0.15) is 0 Å². The number of hydrogen-bond acceptors (Lipinski definition) is 0. The fraction of sp³-hybridized carbons (Fsp3) is 1.00. The summed E-state index contributed by atoms with van der Waals surface area (Å²) < 4.78 is 0. The quantitative estimate of drug-likeness (QED) is 0.575. The minimum atomic E-state index is 0.880. The Kier molecular flexibility index (Phi) is 5.61. The third-order valence-electron chi connectivity index (χ3n) is 3.91. The Balaban J connectivity index is 3.99. The van der Waals surface area contributed by atoms with Crippen LogP contribution < -0.4 is 0 Å². The molecule has 0 aliphatic heterocycles. The van der Waals surface area contributed by atoms with Gasteiger partial charge in [-0.05, 0) is 23.7 Å². The predicted octanol–water partition coefficient (Wildman–Crippen LogP) is 4.35. The molecule has 0 spiro atoms. The molecule has 0 amide bonds. The highest BCUT2D eigenvalue weighted by Gasteiger charge is 2.21. The fourth-order valence-corrected chi connectivity index (χ4v) is 1.78. The largest absolute Gasteiger partial charge is 0.0651 e. The summed E-state index contributed by atoms with van der Waals surface area (Å²) in [4.78, 5) is 0. The first-order valence-electron chi connectivity index (χ1n) is 5.54. The van der Waals surface area contributed by atoms with Crippen molar-refractivity contribution >= 4 is 0 Å². The van der Waals surface area contributed by atoms with E-state index < -0.39 is 0 Å². The van der Waals surface area contributed by atoms with Gasteiger partial charge < -0.3 is 0 Å². The Bertz CT molecular complexity index is 92.6. The molecule has 0 unspecified atom stereocenters. The lowest BCUT2D eigenvalue weighted by Gasteiger charge is -2.29. The standard InChI is InChI=1S/C12H26/c1-7-9(3)11(5)12(6)10(4)8-2/h9-12H,7-8H2,1-6H3/t9-,10+,11-,12-/m1/s1. The van der Waals surface area contributed by atoms with Crippen LogP contribution in [0.3, 0.4) is 0 Å². The summed E-state index contributed by atoms with van der Waals surface area (Å²) in [5.74, 6) is 3.53. The second kappa shape index (κ2) is 5.61. The van der Waals surface area contributed by atoms with E-state index in [0.717, 1.165) is 23.7 Å². The molecule has 0 heteroatoms. The SMILES string of the molecule is CC[C@@H](C)[C@@H](C)[C@H](C)[C@@H](C)CC. The van der Waals surface area contributed by atoms with Crippen molar-refractivity contribution in [3.05, 3.63) is 0 Å². The molecule has 0 aliphatic rings. The molecule has 0 saturated heterocycles. The van der Waals surface area contributed by atoms with Crippen LogP contribution in [0.4, 0.5) is 0 Å². The molecule has 0 heterocycles. The van der Waals surface area contributed by atoms with Crippen LogP contribution in [-0.2, 0) is 0 Å². The Labute approximate surface area is 78.8 Å². The summed E-state index contributed by atoms with van der Waals surface area (Å²) >= 11 is 0. The van der Waals surface area contributed by atoms with Crippen molar-refractivity contribution in [2.75, 3.05) is 0 Å². The van der Waals surface area contributed by atoms with Gasteiger partial charge in [-0.2, -0.15) is 0 Å². The third kappa shape index (κ3) is 3.16. The zero-order valence-electron chi connectivity index (χ0n) is 9.72. The van der Waals surface area contributed by atoms with Crippen molar-refractivity contribution in [1.82, 2.24) is 0 Å². The number of hydrogen-bond donors (Lipinski definition) is 0. The van der Waals surface area contributed by atoms with Crippen LogP contribution in [0.2, 0.25) is 0 Å². The van der Waals surface area contributed by atoms with Gasteiger partial charge >= 0.3 is 0 Å². The van der Waals surface area contributed by atoms with Crippen molar-refractivity contribution in [3.8, 4) is 0 Å². The molecular weight excluding hydrogens is 144 g/mol. The van der Waals surface area contributed by atoms with Gasteiger partial charge in [0.2, 0.25) is 0 Å². The minimum absolute atomic E-state index is 0.880. The zero-order valence-corrected chi connectivity index (χ0v) is 9.72. The molecule has 0 aromatic heterocycles. The maximum absolute atomic E-state index is 2.41. The van der Waals surface area contributed by atoms with E-state index in [2.05, 4.69) is 41.5 Å². The lowest BCUT2D eigenvalue weighted by Crippen LogP contribution is -2.21. The van der Waals surface area contributed by atoms with Crippen molar-refractivity contribution < 1.29 is 0 Å². The van der Waals surface area contributed by atoms with Crippen molar-refractivity contribution in [2.45, 2.75) is 54.4 Å². The van der Waals surface area contributed by atoms with Crippen molar-refractivity contribution in [1.29, 1.82) is 0 Å². The van der Waals surface area contributed by atoms with Gasteiger partial charge in [-0.1, -0.05) is 54.4 Å². The molecule has 74 valence electrons. The van der Waals surface area contributed by atoms with E-state index in [-0.39, 0.29) is 0 Å². The van der Waals surface area contributed by atoms with Gasteiger partial charge in [-0.3, -0.25) is 0 Å². The molecule has 0 saturated carbocycles. The van der Waals surface area contributed by atoms with E-state index in [0.29, 0.717) is 0 Å². The number of rotatable bonds is 5. The Morgan fingerprint density at radius 1 is 0.667 bits per heavy atom. The summed E-state index contributed by atoms with van der Waals surface area (Å²) in [6.07, 6.45) is 2.64. The van der Waals surface area contributed by atoms with Gasteiger partial charge in [0.15, 0.2) is 0 Å². The molecule has 0 aromatic carbocycles. The first kappa shape index (κ1) is 12.0. The van der Waals surface area contributed by atoms with E-state index in [1.54, 1.807) is 0 Å². The highest BCUT2D eigenvalue weighted by molar-refractivity contribution is 4.70. The Hall–Kier alpha value is 0. The predicted molar refractivity (Wildman–Crippen MR) is 57.2 cm³/mol. The summed E-state index contributed by atoms with van der Waals surface area (Å²) in [5, 5.41) is 0. The molecule has 0 N–H and O–H groups in total. The molecule has 0 rings (SSSR count). The lowest BCUT2D eigenvalue weighted by atomic mass is 9.77. The van der Waals surface area contributed by atoms with Crippen molar-refractivity contribution in [2.24, 2.45) is 23.7 Å². The molecule has 0 fully saturated rings. The van der Waals surface area contributed by atoms with E-state index >= 15 is 0 Å². The molecule has 0 radical (unpaired) electrons.